The lowest BCUT2D eigenvalue weighted by molar-refractivity contribution is 0.318. The molecule has 0 aliphatic heterocycles. The Kier molecular flexibility index (Phi) is 3.56. The van der Waals surface area contributed by atoms with E-state index in [0.29, 0.717) is 0 Å². The van der Waals surface area contributed by atoms with E-state index in [2.05, 4.69) is 10.1 Å². The first-order chi connectivity index (χ1) is 9.08. The van der Waals surface area contributed by atoms with Crippen LogP contribution in [0.4, 0.5) is 8.78 Å². The monoisotopic (exact) mass is 265 g/mol. The molecule has 0 saturated heterocycles. The van der Waals surface area contributed by atoms with Crippen molar-refractivity contribution in [2.45, 2.75) is 0 Å². The summed E-state index contributed by atoms with van der Waals surface area (Å²) in [5.74, 6) is -1.45. The fourth-order valence-electron chi connectivity index (χ4n) is 1.39. The van der Waals surface area contributed by atoms with Crippen LogP contribution in [-0.4, -0.2) is 16.0 Å². The molecule has 1 heterocycles. The molecule has 3 N–H and O–H groups in total. The van der Waals surface area contributed by atoms with Crippen LogP contribution >= 0.6 is 0 Å². The van der Waals surface area contributed by atoms with Gasteiger partial charge >= 0.3 is 0 Å². The van der Waals surface area contributed by atoms with E-state index < -0.39 is 11.6 Å². The van der Waals surface area contributed by atoms with Crippen LogP contribution in [0.25, 0.3) is 0 Å². The second-order valence-corrected chi connectivity index (χ2v) is 3.57. The Morgan fingerprint density at radius 2 is 1.84 bits per heavy atom. The zero-order valence-corrected chi connectivity index (χ0v) is 9.55. The van der Waals surface area contributed by atoms with Gasteiger partial charge < -0.3 is 15.7 Å². The van der Waals surface area contributed by atoms with Gasteiger partial charge in [0, 0.05) is 30.5 Å². The second-order valence-electron chi connectivity index (χ2n) is 3.57. The number of hydrogen-bond donors (Lipinski definition) is 2. The zero-order chi connectivity index (χ0) is 13.8. The second kappa shape index (κ2) is 5.30. The van der Waals surface area contributed by atoms with Gasteiger partial charge in [-0.15, -0.1) is 0 Å². The fraction of sp³-hybridized carbons (Fsp3) is 0. The maximum Gasteiger partial charge on any atom is 0.188 e. The van der Waals surface area contributed by atoms with Crippen LogP contribution in [0.1, 0.15) is 5.69 Å². The van der Waals surface area contributed by atoms with Crippen molar-refractivity contribution in [1.29, 1.82) is 0 Å². The fourth-order valence-corrected chi connectivity index (χ4v) is 1.39. The summed E-state index contributed by atoms with van der Waals surface area (Å²) < 4.78 is 31.2. The molecule has 0 aliphatic carbocycles. The van der Waals surface area contributed by atoms with Crippen LogP contribution in [0.15, 0.2) is 41.7 Å². The van der Waals surface area contributed by atoms with Gasteiger partial charge in [-0.3, -0.25) is 4.98 Å². The van der Waals surface area contributed by atoms with E-state index in [1.165, 1.54) is 18.3 Å². The number of hydrogen-bond acceptors (Lipinski definition) is 4. The first kappa shape index (κ1) is 12.7. The van der Waals surface area contributed by atoms with Gasteiger partial charge in [0.15, 0.2) is 5.84 Å². The predicted octanol–water partition coefficient (Wildman–Crippen LogP) is 2.25. The van der Waals surface area contributed by atoms with Crippen LogP contribution in [0.5, 0.6) is 11.5 Å². The Morgan fingerprint density at radius 3 is 2.47 bits per heavy atom. The molecule has 0 radical (unpaired) electrons. The van der Waals surface area contributed by atoms with Crippen LogP contribution in [0.2, 0.25) is 0 Å². The van der Waals surface area contributed by atoms with Crippen LogP contribution < -0.4 is 10.5 Å². The Labute approximate surface area is 107 Å². The summed E-state index contributed by atoms with van der Waals surface area (Å²) >= 11 is 0. The Bertz CT molecular complexity index is 612. The van der Waals surface area contributed by atoms with Gasteiger partial charge in [0.25, 0.3) is 0 Å². The highest BCUT2D eigenvalue weighted by Crippen LogP contribution is 2.23. The van der Waals surface area contributed by atoms with Crippen LogP contribution in [0.3, 0.4) is 0 Å². The minimum atomic E-state index is -0.749. The first-order valence-electron chi connectivity index (χ1n) is 5.16. The van der Waals surface area contributed by atoms with E-state index in [4.69, 9.17) is 15.7 Å². The average Bonchev–Trinajstić information content (AvgIpc) is 2.37. The van der Waals surface area contributed by atoms with Crippen molar-refractivity contribution in [3.05, 3.63) is 53.9 Å². The minimum Gasteiger partial charge on any atom is -0.457 e. The lowest BCUT2D eigenvalue weighted by atomic mass is 10.3. The summed E-state index contributed by atoms with van der Waals surface area (Å²) in [7, 11) is 0. The van der Waals surface area contributed by atoms with Gasteiger partial charge in [0.1, 0.15) is 28.8 Å². The first-order valence-corrected chi connectivity index (χ1v) is 5.16. The summed E-state index contributed by atoms with van der Waals surface area (Å²) in [6.45, 7) is 0. The molecule has 0 saturated carbocycles. The summed E-state index contributed by atoms with van der Waals surface area (Å²) in [6.07, 6.45) is 1.36. The summed E-state index contributed by atoms with van der Waals surface area (Å²) in [5.41, 5.74) is 5.54. The van der Waals surface area contributed by atoms with E-state index in [-0.39, 0.29) is 23.0 Å². The molecule has 0 fully saturated rings. The number of pyridine rings is 1. The smallest absolute Gasteiger partial charge is 0.188 e. The maximum atomic E-state index is 13.0. The van der Waals surface area contributed by atoms with E-state index in [9.17, 15) is 8.78 Å². The van der Waals surface area contributed by atoms with Crippen molar-refractivity contribution >= 4 is 5.84 Å². The molecule has 1 aromatic heterocycles. The van der Waals surface area contributed by atoms with Crippen molar-refractivity contribution < 1.29 is 18.7 Å². The molecule has 0 atom stereocenters. The molecule has 0 unspecified atom stereocenters. The van der Waals surface area contributed by atoms with E-state index >= 15 is 0 Å². The third kappa shape index (κ3) is 3.15. The van der Waals surface area contributed by atoms with Crippen LogP contribution in [0, 0.1) is 11.6 Å². The van der Waals surface area contributed by atoms with Gasteiger partial charge in [-0.1, -0.05) is 5.16 Å². The van der Waals surface area contributed by atoms with Crippen molar-refractivity contribution in [2.24, 2.45) is 10.9 Å². The largest absolute Gasteiger partial charge is 0.457 e. The van der Waals surface area contributed by atoms with E-state index in [1.807, 2.05) is 0 Å². The number of halogens is 2. The Morgan fingerprint density at radius 1 is 1.16 bits per heavy atom. The highest BCUT2D eigenvalue weighted by Gasteiger charge is 2.06. The SMILES string of the molecule is NC(=NO)c1cc(Oc2cc(F)cc(F)c2)ccn1. The molecule has 98 valence electrons. The molecule has 0 amide bonds. The number of ether oxygens (including phenoxy) is 1. The summed E-state index contributed by atoms with van der Waals surface area (Å²) in [4.78, 5) is 3.84. The molecule has 2 aromatic rings. The summed E-state index contributed by atoms with van der Waals surface area (Å²) in [5, 5.41) is 11.3. The van der Waals surface area contributed by atoms with Crippen molar-refractivity contribution in [3.63, 3.8) is 0 Å². The molecule has 0 spiro atoms. The standard InChI is InChI=1S/C12H9F2N3O2/c13-7-3-8(14)5-10(4-7)19-9-1-2-16-11(6-9)12(15)17-18/h1-6,18H,(H2,15,17). The molecular weight excluding hydrogens is 256 g/mol. The Balaban J connectivity index is 2.28. The number of benzene rings is 1. The molecule has 1 aromatic carbocycles. The molecule has 0 aliphatic rings. The van der Waals surface area contributed by atoms with Crippen LogP contribution in [-0.2, 0) is 0 Å². The number of amidine groups is 1. The molecule has 19 heavy (non-hydrogen) atoms. The van der Waals surface area contributed by atoms with Gasteiger partial charge in [-0.25, -0.2) is 8.78 Å². The molecule has 0 bridgehead atoms. The molecular formula is C12H9F2N3O2. The van der Waals surface area contributed by atoms with Gasteiger partial charge in [-0.05, 0) is 6.07 Å². The third-order valence-electron chi connectivity index (χ3n) is 2.17. The van der Waals surface area contributed by atoms with E-state index in [0.717, 1.165) is 18.2 Å². The summed E-state index contributed by atoms with van der Waals surface area (Å²) in [6, 6.07) is 5.65. The molecule has 7 heteroatoms. The number of nitrogens with zero attached hydrogens (tertiary/aromatic N) is 2. The third-order valence-corrected chi connectivity index (χ3v) is 2.17. The number of nitrogens with two attached hydrogens (primary N) is 1. The predicted molar refractivity (Wildman–Crippen MR) is 63.2 cm³/mol. The average molecular weight is 265 g/mol. The minimum absolute atomic E-state index is 0.00541. The number of aromatic nitrogens is 1. The quantitative estimate of drug-likeness (QED) is 0.386. The van der Waals surface area contributed by atoms with Gasteiger partial charge in [-0.2, -0.15) is 0 Å². The van der Waals surface area contributed by atoms with Crippen molar-refractivity contribution in [1.82, 2.24) is 4.98 Å². The number of oxime groups is 1. The zero-order valence-electron chi connectivity index (χ0n) is 9.55. The number of rotatable bonds is 3. The van der Waals surface area contributed by atoms with Gasteiger partial charge in [0.2, 0.25) is 0 Å². The van der Waals surface area contributed by atoms with Crippen molar-refractivity contribution in [2.75, 3.05) is 0 Å². The maximum absolute atomic E-state index is 13.0. The highest BCUT2D eigenvalue weighted by molar-refractivity contribution is 5.95. The molecule has 5 nitrogen and oxygen atoms in total. The lowest BCUT2D eigenvalue weighted by Gasteiger charge is -2.07. The van der Waals surface area contributed by atoms with Crippen molar-refractivity contribution in [3.8, 4) is 11.5 Å². The molecule has 2 rings (SSSR count). The lowest BCUT2D eigenvalue weighted by Crippen LogP contribution is -2.14. The van der Waals surface area contributed by atoms with Gasteiger partial charge in [0.05, 0.1) is 0 Å². The highest BCUT2D eigenvalue weighted by atomic mass is 19.1. The topological polar surface area (TPSA) is 80.7 Å². The normalized spacial score (nSPS) is 11.4. The van der Waals surface area contributed by atoms with E-state index in [1.54, 1.807) is 0 Å². The Hall–Kier alpha value is -2.70.